The van der Waals surface area contributed by atoms with Gasteiger partial charge >= 0.3 is 0 Å². The van der Waals surface area contributed by atoms with Gasteiger partial charge in [0.05, 0.1) is 18.3 Å². The first-order chi connectivity index (χ1) is 9.69. The summed E-state index contributed by atoms with van der Waals surface area (Å²) in [5.74, 6) is 0.669. The maximum atomic E-state index is 6.19. The zero-order valence-electron chi connectivity index (χ0n) is 12.7. The van der Waals surface area contributed by atoms with E-state index >= 15 is 0 Å². The van der Waals surface area contributed by atoms with Gasteiger partial charge < -0.3 is 10.6 Å². The topological polar surface area (TPSA) is 54.5 Å². The molecule has 0 aliphatic heterocycles. The zero-order chi connectivity index (χ0) is 14.4. The van der Waals surface area contributed by atoms with E-state index in [1.165, 1.54) is 32.1 Å². The second-order valence-electron chi connectivity index (χ2n) is 5.56. The molecule has 110 valence electrons. The van der Waals surface area contributed by atoms with Crippen LogP contribution >= 0.6 is 0 Å². The van der Waals surface area contributed by atoms with E-state index in [0.29, 0.717) is 12.0 Å². The van der Waals surface area contributed by atoms with Crippen LogP contribution in [0.25, 0.3) is 0 Å². The fraction of sp³-hybridized carbons (Fsp3) is 0.625. The molecule has 0 unspecified atom stereocenters. The Morgan fingerprint density at radius 3 is 2.75 bits per heavy atom. The molecule has 1 saturated carbocycles. The normalized spacial score (nSPS) is 17.2. The van der Waals surface area contributed by atoms with Gasteiger partial charge in [0.15, 0.2) is 5.96 Å². The maximum Gasteiger partial charge on any atom is 0.191 e. The van der Waals surface area contributed by atoms with E-state index in [4.69, 9.17) is 10.7 Å². The molecule has 2 rings (SSSR count). The molecule has 0 aromatic carbocycles. The summed E-state index contributed by atoms with van der Waals surface area (Å²) in [6, 6.07) is 6.52. The molecule has 1 fully saturated rings. The standard InChI is InChI=1S/C16H26N4/c1-3-20(12-15-11-7-8-13(2)18-15)16(17)19-14-9-5-4-6-10-14/h7-8,11,14H,3-6,9-10,12H2,1-2H3,(H2,17,19). The van der Waals surface area contributed by atoms with Gasteiger partial charge in [-0.1, -0.05) is 25.3 Å². The minimum absolute atomic E-state index is 0.420. The Kier molecular flexibility index (Phi) is 5.39. The highest BCUT2D eigenvalue weighted by atomic mass is 15.3. The van der Waals surface area contributed by atoms with Crippen molar-refractivity contribution in [2.45, 2.75) is 58.5 Å². The predicted molar refractivity (Wildman–Crippen MR) is 83.6 cm³/mol. The molecule has 0 bridgehead atoms. The smallest absolute Gasteiger partial charge is 0.191 e. The van der Waals surface area contributed by atoms with E-state index < -0.39 is 0 Å². The summed E-state index contributed by atoms with van der Waals surface area (Å²) in [7, 11) is 0. The van der Waals surface area contributed by atoms with Gasteiger partial charge in [-0.25, -0.2) is 4.99 Å². The first-order valence-corrected chi connectivity index (χ1v) is 7.69. The molecule has 0 spiro atoms. The Bertz CT molecular complexity index is 450. The second kappa shape index (κ2) is 7.27. The molecule has 1 aliphatic carbocycles. The van der Waals surface area contributed by atoms with Crippen LogP contribution in [0.3, 0.4) is 0 Å². The maximum absolute atomic E-state index is 6.19. The number of aromatic nitrogens is 1. The highest BCUT2D eigenvalue weighted by Gasteiger charge is 2.14. The van der Waals surface area contributed by atoms with Crippen LogP contribution in [0, 0.1) is 6.92 Å². The molecular formula is C16H26N4. The van der Waals surface area contributed by atoms with Crippen LogP contribution in [-0.4, -0.2) is 28.4 Å². The van der Waals surface area contributed by atoms with Crippen molar-refractivity contribution in [3.63, 3.8) is 0 Å². The van der Waals surface area contributed by atoms with Crippen molar-refractivity contribution in [2.75, 3.05) is 6.54 Å². The van der Waals surface area contributed by atoms with Crippen LogP contribution in [0.2, 0.25) is 0 Å². The SMILES string of the molecule is CCN(Cc1cccc(C)n1)C(N)=NC1CCCCC1. The molecule has 0 atom stereocenters. The lowest BCUT2D eigenvalue weighted by atomic mass is 9.96. The number of aliphatic imine (C=N–C) groups is 1. The summed E-state index contributed by atoms with van der Waals surface area (Å²) in [5, 5.41) is 0. The van der Waals surface area contributed by atoms with Crippen LogP contribution in [-0.2, 0) is 6.54 Å². The lowest BCUT2D eigenvalue weighted by Gasteiger charge is -2.24. The van der Waals surface area contributed by atoms with Crippen LogP contribution in [0.1, 0.15) is 50.4 Å². The minimum atomic E-state index is 0.420. The van der Waals surface area contributed by atoms with Gasteiger partial charge in [0.2, 0.25) is 0 Å². The number of hydrogen-bond acceptors (Lipinski definition) is 2. The molecule has 1 aromatic rings. The lowest BCUT2D eigenvalue weighted by Crippen LogP contribution is -2.38. The quantitative estimate of drug-likeness (QED) is 0.678. The third-order valence-corrected chi connectivity index (χ3v) is 3.89. The van der Waals surface area contributed by atoms with Crippen molar-refractivity contribution in [2.24, 2.45) is 10.7 Å². The fourth-order valence-electron chi connectivity index (χ4n) is 2.72. The average Bonchev–Trinajstić information content (AvgIpc) is 2.46. The third-order valence-electron chi connectivity index (χ3n) is 3.89. The fourth-order valence-corrected chi connectivity index (χ4v) is 2.72. The first-order valence-electron chi connectivity index (χ1n) is 7.69. The van der Waals surface area contributed by atoms with E-state index in [0.717, 1.165) is 24.5 Å². The second-order valence-corrected chi connectivity index (χ2v) is 5.56. The number of rotatable bonds is 4. The average molecular weight is 274 g/mol. The summed E-state index contributed by atoms with van der Waals surface area (Å²) >= 11 is 0. The van der Waals surface area contributed by atoms with Crippen molar-refractivity contribution in [3.05, 3.63) is 29.6 Å². The highest BCUT2D eigenvalue weighted by Crippen LogP contribution is 2.20. The predicted octanol–water partition coefficient (Wildman–Crippen LogP) is 2.86. The van der Waals surface area contributed by atoms with Gasteiger partial charge in [-0.15, -0.1) is 0 Å². The molecule has 1 aromatic heterocycles. The monoisotopic (exact) mass is 274 g/mol. The molecule has 1 heterocycles. The van der Waals surface area contributed by atoms with Crippen molar-refractivity contribution in [1.82, 2.24) is 9.88 Å². The number of pyridine rings is 1. The van der Waals surface area contributed by atoms with Crippen molar-refractivity contribution < 1.29 is 0 Å². The Balaban J connectivity index is 2.01. The van der Waals surface area contributed by atoms with Crippen molar-refractivity contribution in [1.29, 1.82) is 0 Å². The van der Waals surface area contributed by atoms with E-state index in [2.05, 4.69) is 16.8 Å². The molecule has 0 amide bonds. The van der Waals surface area contributed by atoms with E-state index in [9.17, 15) is 0 Å². The Morgan fingerprint density at radius 1 is 1.35 bits per heavy atom. The zero-order valence-corrected chi connectivity index (χ0v) is 12.7. The molecular weight excluding hydrogens is 248 g/mol. The van der Waals surface area contributed by atoms with Gasteiger partial charge in [0.1, 0.15) is 0 Å². The summed E-state index contributed by atoms with van der Waals surface area (Å²) in [6.07, 6.45) is 6.28. The Labute approximate surface area is 122 Å². The number of nitrogens with two attached hydrogens (primary N) is 1. The molecule has 2 N–H and O–H groups in total. The summed E-state index contributed by atoms with van der Waals surface area (Å²) < 4.78 is 0. The molecule has 1 aliphatic rings. The molecule has 20 heavy (non-hydrogen) atoms. The van der Waals surface area contributed by atoms with E-state index in [1.807, 2.05) is 25.1 Å². The minimum Gasteiger partial charge on any atom is -0.370 e. The number of aryl methyl sites for hydroxylation is 1. The number of guanidine groups is 1. The highest BCUT2D eigenvalue weighted by molar-refractivity contribution is 5.78. The summed E-state index contributed by atoms with van der Waals surface area (Å²) in [6.45, 7) is 5.72. The Hall–Kier alpha value is -1.58. The third kappa shape index (κ3) is 4.22. The summed E-state index contributed by atoms with van der Waals surface area (Å²) in [4.78, 5) is 11.4. The molecule has 0 saturated heterocycles. The largest absolute Gasteiger partial charge is 0.370 e. The van der Waals surface area contributed by atoms with Gasteiger partial charge in [-0.05, 0) is 38.8 Å². The van der Waals surface area contributed by atoms with E-state index in [-0.39, 0.29) is 0 Å². The van der Waals surface area contributed by atoms with Gasteiger partial charge in [0, 0.05) is 12.2 Å². The van der Waals surface area contributed by atoms with Crippen molar-refractivity contribution in [3.8, 4) is 0 Å². The summed E-state index contributed by atoms with van der Waals surface area (Å²) in [5.41, 5.74) is 8.29. The molecule has 4 nitrogen and oxygen atoms in total. The van der Waals surface area contributed by atoms with Crippen LogP contribution in [0.5, 0.6) is 0 Å². The van der Waals surface area contributed by atoms with Crippen LogP contribution < -0.4 is 5.73 Å². The number of nitrogens with zero attached hydrogens (tertiary/aromatic N) is 3. The number of hydrogen-bond donors (Lipinski definition) is 1. The van der Waals surface area contributed by atoms with E-state index in [1.54, 1.807) is 0 Å². The molecule has 4 heteroatoms. The van der Waals surface area contributed by atoms with Gasteiger partial charge in [-0.3, -0.25) is 4.98 Å². The Morgan fingerprint density at radius 2 is 2.10 bits per heavy atom. The van der Waals surface area contributed by atoms with Crippen molar-refractivity contribution >= 4 is 5.96 Å². The van der Waals surface area contributed by atoms with Crippen LogP contribution in [0.4, 0.5) is 0 Å². The lowest BCUT2D eigenvalue weighted by molar-refractivity contribution is 0.402. The first kappa shape index (κ1) is 14.8. The van der Waals surface area contributed by atoms with Gasteiger partial charge in [-0.2, -0.15) is 0 Å². The van der Waals surface area contributed by atoms with Gasteiger partial charge in [0.25, 0.3) is 0 Å². The molecule has 0 radical (unpaired) electrons. The van der Waals surface area contributed by atoms with Crippen LogP contribution in [0.15, 0.2) is 23.2 Å².